The number of carboxylic acid groups (broad SMARTS) is 1. The monoisotopic (exact) mass is 286 g/mol. The molecule has 19 heavy (non-hydrogen) atoms. The summed E-state index contributed by atoms with van der Waals surface area (Å²) >= 11 is 1.60. The Morgan fingerprint density at radius 1 is 1.58 bits per heavy atom. The zero-order valence-corrected chi connectivity index (χ0v) is 11.8. The molecular weight excluding hydrogens is 268 g/mol. The molecule has 1 unspecified atom stereocenters. The molecule has 1 heterocycles. The predicted octanol–water partition coefficient (Wildman–Crippen LogP) is 1.55. The van der Waals surface area contributed by atoms with Gasteiger partial charge in [-0.1, -0.05) is 6.07 Å². The Balaban J connectivity index is 2.27. The van der Waals surface area contributed by atoms with E-state index < -0.39 is 5.97 Å². The number of carbonyl (C=O) groups is 2. The van der Waals surface area contributed by atoms with Crippen molar-refractivity contribution in [3.63, 3.8) is 0 Å². The normalized spacial score (nSPS) is 11.9. The zero-order chi connectivity index (χ0) is 14.3. The first-order valence-corrected chi connectivity index (χ1v) is 6.74. The van der Waals surface area contributed by atoms with E-state index in [-0.39, 0.29) is 31.8 Å². The largest absolute Gasteiger partial charge is 0.480 e. The van der Waals surface area contributed by atoms with Crippen LogP contribution in [0.5, 0.6) is 0 Å². The Labute approximate surface area is 116 Å². The molecule has 0 saturated heterocycles. The average Bonchev–Trinajstić information content (AvgIpc) is 2.89. The van der Waals surface area contributed by atoms with Gasteiger partial charge in [0.15, 0.2) is 0 Å². The molecule has 1 atom stereocenters. The molecular formula is C12H18N2O4S. The van der Waals surface area contributed by atoms with E-state index in [0.717, 1.165) is 4.88 Å². The zero-order valence-electron chi connectivity index (χ0n) is 11.0. The van der Waals surface area contributed by atoms with Crippen molar-refractivity contribution < 1.29 is 19.4 Å². The molecule has 0 saturated carbocycles. The Bertz CT molecular complexity index is 408. The van der Waals surface area contributed by atoms with Crippen LogP contribution in [0.4, 0.5) is 4.79 Å². The lowest BCUT2D eigenvalue weighted by atomic mass is 10.2. The Morgan fingerprint density at radius 2 is 2.32 bits per heavy atom. The molecule has 0 bridgehead atoms. The van der Waals surface area contributed by atoms with Crippen molar-refractivity contribution in [3.05, 3.63) is 22.4 Å². The number of amides is 2. The number of carbonyl (C=O) groups excluding carboxylic acids is 1. The third kappa shape index (κ3) is 5.27. The number of rotatable bonds is 7. The number of ether oxygens (including phenoxy) is 1. The lowest BCUT2D eigenvalue weighted by molar-refractivity contribution is -0.142. The highest BCUT2D eigenvalue weighted by Crippen LogP contribution is 2.23. The molecule has 0 aliphatic heterocycles. The van der Waals surface area contributed by atoms with Gasteiger partial charge < -0.3 is 20.1 Å². The minimum absolute atomic E-state index is 0.0000575. The number of carboxylic acids is 1. The number of hydrogen-bond acceptors (Lipinski definition) is 4. The van der Waals surface area contributed by atoms with Gasteiger partial charge in [-0.05, 0) is 18.4 Å². The molecule has 6 nitrogen and oxygen atoms in total. The number of urea groups is 1. The highest BCUT2D eigenvalue weighted by atomic mass is 32.1. The van der Waals surface area contributed by atoms with Crippen molar-refractivity contribution in [2.75, 3.05) is 26.8 Å². The van der Waals surface area contributed by atoms with E-state index in [1.165, 1.54) is 0 Å². The molecule has 106 valence electrons. The summed E-state index contributed by atoms with van der Waals surface area (Å²) in [5.74, 6) is -1.02. The smallest absolute Gasteiger partial charge is 0.329 e. The minimum Gasteiger partial charge on any atom is -0.480 e. The van der Waals surface area contributed by atoms with Gasteiger partial charge in [0.2, 0.25) is 0 Å². The molecule has 2 amide bonds. The average molecular weight is 286 g/mol. The van der Waals surface area contributed by atoms with E-state index in [4.69, 9.17) is 9.84 Å². The van der Waals surface area contributed by atoms with Crippen LogP contribution in [0, 0.1) is 0 Å². The first kappa shape index (κ1) is 15.5. The van der Waals surface area contributed by atoms with Crippen molar-refractivity contribution in [1.82, 2.24) is 10.2 Å². The van der Waals surface area contributed by atoms with Crippen LogP contribution in [0.2, 0.25) is 0 Å². The Kier molecular flexibility index (Phi) is 6.31. The number of hydrogen-bond donors (Lipinski definition) is 2. The number of nitrogens with zero attached hydrogens (tertiary/aromatic N) is 1. The van der Waals surface area contributed by atoms with E-state index in [2.05, 4.69) is 5.32 Å². The summed E-state index contributed by atoms with van der Waals surface area (Å²) in [7, 11) is 1.72. The Morgan fingerprint density at radius 3 is 2.89 bits per heavy atom. The highest BCUT2D eigenvalue weighted by molar-refractivity contribution is 7.10. The summed E-state index contributed by atoms with van der Waals surface area (Å²) in [5.41, 5.74) is 0. The SMILES string of the molecule is CC(c1cccs1)N(C)C(=O)NCCOCC(=O)O. The van der Waals surface area contributed by atoms with Gasteiger partial charge in [-0.2, -0.15) is 0 Å². The van der Waals surface area contributed by atoms with Crippen LogP contribution in [0.15, 0.2) is 17.5 Å². The maximum Gasteiger partial charge on any atom is 0.329 e. The second kappa shape index (κ2) is 7.75. The van der Waals surface area contributed by atoms with Crippen LogP contribution in [0.1, 0.15) is 17.8 Å². The summed E-state index contributed by atoms with van der Waals surface area (Å²) < 4.78 is 4.83. The van der Waals surface area contributed by atoms with Gasteiger partial charge in [0.1, 0.15) is 6.61 Å². The molecule has 1 aromatic rings. The maximum absolute atomic E-state index is 11.8. The summed E-state index contributed by atoms with van der Waals surface area (Å²) in [4.78, 5) is 24.7. The molecule has 1 aromatic heterocycles. The van der Waals surface area contributed by atoms with Gasteiger partial charge in [0.25, 0.3) is 0 Å². The van der Waals surface area contributed by atoms with Gasteiger partial charge >= 0.3 is 12.0 Å². The standard InChI is InChI=1S/C12H18N2O4S/c1-9(10-4-3-7-19-10)14(2)12(17)13-5-6-18-8-11(15)16/h3-4,7,9H,5-6,8H2,1-2H3,(H,13,17)(H,15,16). The van der Waals surface area contributed by atoms with Gasteiger partial charge in [-0.15, -0.1) is 11.3 Å². The molecule has 0 aliphatic carbocycles. The summed E-state index contributed by atoms with van der Waals surface area (Å²) in [6.45, 7) is 2.07. The van der Waals surface area contributed by atoms with Gasteiger partial charge in [0.05, 0.1) is 12.6 Å². The first-order chi connectivity index (χ1) is 9.02. The quantitative estimate of drug-likeness (QED) is 0.745. The van der Waals surface area contributed by atoms with E-state index >= 15 is 0 Å². The second-order valence-corrected chi connectivity index (χ2v) is 4.96. The second-order valence-electron chi connectivity index (χ2n) is 3.98. The highest BCUT2D eigenvalue weighted by Gasteiger charge is 2.17. The van der Waals surface area contributed by atoms with Crippen molar-refractivity contribution in [3.8, 4) is 0 Å². The first-order valence-electron chi connectivity index (χ1n) is 5.86. The van der Waals surface area contributed by atoms with Crippen molar-refractivity contribution >= 4 is 23.3 Å². The van der Waals surface area contributed by atoms with Crippen molar-refractivity contribution in [2.24, 2.45) is 0 Å². The lowest BCUT2D eigenvalue weighted by Crippen LogP contribution is -2.40. The van der Waals surface area contributed by atoms with Crippen LogP contribution >= 0.6 is 11.3 Å². The third-order valence-electron chi connectivity index (χ3n) is 2.60. The van der Waals surface area contributed by atoms with Gasteiger partial charge in [-0.3, -0.25) is 0 Å². The van der Waals surface area contributed by atoms with Crippen LogP contribution < -0.4 is 5.32 Å². The third-order valence-corrected chi connectivity index (χ3v) is 3.65. The van der Waals surface area contributed by atoms with Crippen LogP contribution in [0.25, 0.3) is 0 Å². The predicted molar refractivity (Wildman–Crippen MR) is 72.4 cm³/mol. The van der Waals surface area contributed by atoms with Crippen LogP contribution in [-0.2, 0) is 9.53 Å². The van der Waals surface area contributed by atoms with Gasteiger partial charge in [0, 0.05) is 18.5 Å². The van der Waals surface area contributed by atoms with Crippen LogP contribution in [-0.4, -0.2) is 48.8 Å². The lowest BCUT2D eigenvalue weighted by Gasteiger charge is -2.24. The minimum atomic E-state index is -1.02. The molecule has 7 heteroatoms. The molecule has 2 N–H and O–H groups in total. The summed E-state index contributed by atoms with van der Waals surface area (Å²) in [6, 6.07) is 3.72. The van der Waals surface area contributed by atoms with E-state index in [1.54, 1.807) is 23.3 Å². The topological polar surface area (TPSA) is 78.9 Å². The maximum atomic E-state index is 11.8. The molecule has 0 aliphatic rings. The summed E-state index contributed by atoms with van der Waals surface area (Å²) in [6.07, 6.45) is 0. The molecule has 0 spiro atoms. The fourth-order valence-corrected chi connectivity index (χ4v) is 2.24. The Hall–Kier alpha value is -1.60. The fourth-order valence-electron chi connectivity index (χ4n) is 1.41. The molecule has 0 fully saturated rings. The fraction of sp³-hybridized carbons (Fsp3) is 0.500. The summed E-state index contributed by atoms with van der Waals surface area (Å²) in [5, 5.41) is 13.0. The number of aliphatic carboxylic acids is 1. The van der Waals surface area contributed by atoms with E-state index in [9.17, 15) is 9.59 Å². The van der Waals surface area contributed by atoms with Crippen molar-refractivity contribution in [1.29, 1.82) is 0 Å². The van der Waals surface area contributed by atoms with E-state index in [1.807, 2.05) is 24.4 Å². The molecule has 0 radical (unpaired) electrons. The van der Waals surface area contributed by atoms with Gasteiger partial charge in [-0.25, -0.2) is 9.59 Å². The number of thiophene rings is 1. The number of nitrogens with one attached hydrogen (secondary N) is 1. The van der Waals surface area contributed by atoms with E-state index in [0.29, 0.717) is 0 Å². The molecule has 0 aromatic carbocycles. The van der Waals surface area contributed by atoms with Crippen molar-refractivity contribution in [2.45, 2.75) is 13.0 Å². The van der Waals surface area contributed by atoms with Crippen LogP contribution in [0.3, 0.4) is 0 Å². The molecule has 1 rings (SSSR count).